The van der Waals surface area contributed by atoms with Crippen LogP contribution in [-0.2, 0) is 9.47 Å². The van der Waals surface area contributed by atoms with Gasteiger partial charge in [-0.15, -0.1) is 0 Å². The molecule has 2 unspecified atom stereocenters. The Bertz CT molecular complexity index is 1190. The summed E-state index contributed by atoms with van der Waals surface area (Å²) < 4.78 is 21.3. The highest BCUT2D eigenvalue weighted by atomic mass is 16.5. The fraction of sp³-hybridized carbons (Fsp3) is 0.312. The summed E-state index contributed by atoms with van der Waals surface area (Å²) in [5, 5.41) is 0. The largest absolute Gasteiger partial charge is 0.462 e. The van der Waals surface area contributed by atoms with Gasteiger partial charge in [-0.2, -0.15) is 0 Å². The third-order valence-electron chi connectivity index (χ3n) is 6.35. The number of rotatable bonds is 12. The Labute approximate surface area is 234 Å². The molecule has 0 radical (unpaired) electrons. The number of hydrogen-bond donors (Lipinski definition) is 0. The molecular formula is C32H34O8. The second kappa shape index (κ2) is 14.6. The zero-order valence-corrected chi connectivity index (χ0v) is 23.2. The fourth-order valence-electron chi connectivity index (χ4n) is 3.23. The minimum absolute atomic E-state index is 0.230. The van der Waals surface area contributed by atoms with Crippen molar-refractivity contribution in [2.75, 3.05) is 13.2 Å². The molecule has 40 heavy (non-hydrogen) atoms. The molecule has 0 fully saturated rings. The van der Waals surface area contributed by atoms with E-state index in [-0.39, 0.29) is 34.5 Å². The SMILES string of the molecule is CCC(C)COC(=O)c1ccc(OC(=O)c2ccc(C(=O)Oc3ccc(C(=O)OCC(C)CC)cc3)cc2)cc1. The van der Waals surface area contributed by atoms with E-state index in [1.54, 1.807) is 0 Å². The molecule has 210 valence electrons. The molecule has 0 heterocycles. The highest BCUT2D eigenvalue weighted by molar-refractivity contribution is 5.95. The minimum Gasteiger partial charge on any atom is -0.462 e. The number of esters is 4. The second-order valence-corrected chi connectivity index (χ2v) is 9.63. The average molecular weight is 547 g/mol. The quantitative estimate of drug-likeness (QED) is 0.186. The molecule has 3 rings (SSSR count). The summed E-state index contributed by atoms with van der Waals surface area (Å²) in [5.41, 5.74) is 1.19. The first-order valence-electron chi connectivity index (χ1n) is 13.3. The molecule has 0 amide bonds. The number of carbonyl (C=O) groups is 4. The first kappa shape index (κ1) is 30.1. The van der Waals surface area contributed by atoms with Crippen LogP contribution >= 0.6 is 0 Å². The molecule has 3 aromatic rings. The van der Waals surface area contributed by atoms with Gasteiger partial charge in [0.2, 0.25) is 0 Å². The molecule has 0 N–H and O–H groups in total. The Kier molecular flexibility index (Phi) is 11.0. The summed E-state index contributed by atoms with van der Waals surface area (Å²) in [6, 6.07) is 18.0. The topological polar surface area (TPSA) is 105 Å². The average Bonchev–Trinajstić information content (AvgIpc) is 2.98. The van der Waals surface area contributed by atoms with Crippen molar-refractivity contribution >= 4 is 23.9 Å². The number of carbonyl (C=O) groups excluding carboxylic acids is 4. The van der Waals surface area contributed by atoms with Crippen molar-refractivity contribution in [3.63, 3.8) is 0 Å². The van der Waals surface area contributed by atoms with Crippen molar-refractivity contribution in [1.82, 2.24) is 0 Å². The molecule has 0 spiro atoms. The molecule has 0 saturated heterocycles. The predicted molar refractivity (Wildman–Crippen MR) is 149 cm³/mol. The minimum atomic E-state index is -0.622. The van der Waals surface area contributed by atoms with Crippen LogP contribution in [0.1, 0.15) is 82.0 Å². The lowest BCUT2D eigenvalue weighted by Gasteiger charge is -2.10. The van der Waals surface area contributed by atoms with Gasteiger partial charge in [-0.1, -0.05) is 40.5 Å². The normalized spacial score (nSPS) is 12.1. The van der Waals surface area contributed by atoms with Crippen LogP contribution in [0.4, 0.5) is 0 Å². The number of benzene rings is 3. The molecule has 0 aliphatic carbocycles. The van der Waals surface area contributed by atoms with Gasteiger partial charge in [-0.25, -0.2) is 19.2 Å². The van der Waals surface area contributed by atoms with Crippen molar-refractivity contribution < 1.29 is 38.1 Å². The molecule has 8 nitrogen and oxygen atoms in total. The van der Waals surface area contributed by atoms with Crippen LogP contribution in [0.25, 0.3) is 0 Å². The van der Waals surface area contributed by atoms with Crippen molar-refractivity contribution in [3.8, 4) is 11.5 Å². The van der Waals surface area contributed by atoms with Gasteiger partial charge >= 0.3 is 23.9 Å². The Hall–Kier alpha value is -4.46. The lowest BCUT2D eigenvalue weighted by Crippen LogP contribution is -2.13. The number of hydrogen-bond acceptors (Lipinski definition) is 8. The van der Waals surface area contributed by atoms with Crippen LogP contribution in [-0.4, -0.2) is 37.1 Å². The van der Waals surface area contributed by atoms with Crippen molar-refractivity contribution in [3.05, 3.63) is 95.1 Å². The van der Waals surface area contributed by atoms with Gasteiger partial charge < -0.3 is 18.9 Å². The lowest BCUT2D eigenvalue weighted by molar-refractivity contribution is 0.0438. The van der Waals surface area contributed by atoms with Crippen LogP contribution in [0.3, 0.4) is 0 Å². The van der Waals surface area contributed by atoms with E-state index in [0.29, 0.717) is 24.3 Å². The van der Waals surface area contributed by atoms with E-state index in [1.165, 1.54) is 72.8 Å². The van der Waals surface area contributed by atoms with Gasteiger partial charge in [-0.05, 0) is 84.6 Å². The van der Waals surface area contributed by atoms with Gasteiger partial charge in [-0.3, -0.25) is 0 Å². The van der Waals surface area contributed by atoms with E-state index in [0.717, 1.165) is 12.8 Å². The molecule has 0 saturated carbocycles. The van der Waals surface area contributed by atoms with Gasteiger partial charge in [0.25, 0.3) is 0 Å². The summed E-state index contributed by atoms with van der Waals surface area (Å²) in [5.74, 6) is -1.03. The summed E-state index contributed by atoms with van der Waals surface area (Å²) in [7, 11) is 0. The van der Waals surface area contributed by atoms with Crippen molar-refractivity contribution in [2.45, 2.75) is 40.5 Å². The van der Waals surface area contributed by atoms with Gasteiger partial charge in [0.1, 0.15) is 11.5 Å². The highest BCUT2D eigenvalue weighted by Gasteiger charge is 2.15. The van der Waals surface area contributed by atoms with Crippen LogP contribution in [0, 0.1) is 11.8 Å². The van der Waals surface area contributed by atoms with E-state index < -0.39 is 23.9 Å². The van der Waals surface area contributed by atoms with Crippen LogP contribution in [0.5, 0.6) is 11.5 Å². The first-order valence-corrected chi connectivity index (χ1v) is 13.3. The maximum absolute atomic E-state index is 12.5. The van der Waals surface area contributed by atoms with E-state index in [1.807, 2.05) is 27.7 Å². The highest BCUT2D eigenvalue weighted by Crippen LogP contribution is 2.18. The molecule has 2 atom stereocenters. The molecule has 0 aromatic heterocycles. The Balaban J connectivity index is 1.52. The summed E-state index contributed by atoms with van der Waals surface area (Å²) in [6.45, 7) is 8.74. The Morgan fingerprint density at radius 1 is 0.500 bits per heavy atom. The van der Waals surface area contributed by atoms with Crippen LogP contribution in [0.15, 0.2) is 72.8 Å². The molecule has 8 heteroatoms. The monoisotopic (exact) mass is 546 g/mol. The fourth-order valence-corrected chi connectivity index (χ4v) is 3.23. The third kappa shape index (κ3) is 8.80. The maximum atomic E-state index is 12.5. The standard InChI is InChI=1S/C32H34O8/c1-5-21(3)19-37-29(33)23-11-15-27(16-12-23)39-31(35)25-7-9-26(10-8-25)32(36)40-28-17-13-24(14-18-28)30(34)38-20-22(4)6-2/h7-18,21-22H,5-6,19-20H2,1-4H3. The maximum Gasteiger partial charge on any atom is 0.343 e. The predicted octanol–water partition coefficient (Wildman–Crippen LogP) is 6.53. The van der Waals surface area contributed by atoms with Gasteiger partial charge in [0.15, 0.2) is 0 Å². The first-order chi connectivity index (χ1) is 19.2. The lowest BCUT2D eigenvalue weighted by atomic mass is 10.1. The van der Waals surface area contributed by atoms with E-state index in [2.05, 4.69) is 0 Å². The molecule has 0 aliphatic heterocycles. The van der Waals surface area contributed by atoms with Gasteiger partial charge in [0, 0.05) is 0 Å². The summed E-state index contributed by atoms with van der Waals surface area (Å²) in [6.07, 6.45) is 1.83. The van der Waals surface area contributed by atoms with E-state index in [9.17, 15) is 19.2 Å². The molecule has 3 aromatic carbocycles. The smallest absolute Gasteiger partial charge is 0.343 e. The molecule has 0 bridgehead atoms. The second-order valence-electron chi connectivity index (χ2n) is 9.63. The van der Waals surface area contributed by atoms with Crippen LogP contribution < -0.4 is 9.47 Å². The van der Waals surface area contributed by atoms with Crippen LogP contribution in [0.2, 0.25) is 0 Å². The van der Waals surface area contributed by atoms with Crippen molar-refractivity contribution in [2.24, 2.45) is 11.8 Å². The Morgan fingerprint density at radius 2 is 0.775 bits per heavy atom. The van der Waals surface area contributed by atoms with E-state index >= 15 is 0 Å². The van der Waals surface area contributed by atoms with Gasteiger partial charge in [0.05, 0.1) is 35.5 Å². The van der Waals surface area contributed by atoms with Crippen molar-refractivity contribution in [1.29, 1.82) is 0 Å². The summed E-state index contributed by atoms with van der Waals surface area (Å²) in [4.78, 5) is 49.3. The van der Waals surface area contributed by atoms with E-state index in [4.69, 9.17) is 18.9 Å². The zero-order chi connectivity index (χ0) is 29.1. The Morgan fingerprint density at radius 3 is 1.07 bits per heavy atom. The third-order valence-corrected chi connectivity index (χ3v) is 6.35. The molecule has 0 aliphatic rings. The number of ether oxygens (including phenoxy) is 4. The molecular weight excluding hydrogens is 512 g/mol. The summed E-state index contributed by atoms with van der Waals surface area (Å²) >= 11 is 0. The zero-order valence-electron chi connectivity index (χ0n) is 23.2.